The molecule has 0 saturated carbocycles. The number of carboxylic acids is 1. The van der Waals surface area contributed by atoms with Crippen molar-refractivity contribution >= 4 is 35.2 Å². The molecule has 108 valence electrons. The molecule has 0 unspecified atom stereocenters. The number of amides is 3. The molecule has 0 aromatic heterocycles. The van der Waals surface area contributed by atoms with Crippen LogP contribution in [0.15, 0.2) is 24.3 Å². The van der Waals surface area contributed by atoms with E-state index in [0.717, 1.165) is 0 Å². The van der Waals surface area contributed by atoms with Gasteiger partial charge < -0.3 is 21.5 Å². The molecule has 0 fully saturated rings. The average molecular weight is 300 g/mol. The third-order valence-corrected chi connectivity index (χ3v) is 2.60. The molecule has 7 nitrogen and oxygen atoms in total. The van der Waals surface area contributed by atoms with Crippen molar-refractivity contribution in [2.75, 3.05) is 5.32 Å². The summed E-state index contributed by atoms with van der Waals surface area (Å²) in [5, 5.41) is 14.0. The van der Waals surface area contributed by atoms with E-state index in [2.05, 4.69) is 10.6 Å². The van der Waals surface area contributed by atoms with Crippen LogP contribution >= 0.6 is 11.6 Å². The molecule has 20 heavy (non-hydrogen) atoms. The third kappa shape index (κ3) is 5.57. The number of hydrogen-bond acceptors (Lipinski definition) is 3. The fourth-order valence-electron chi connectivity index (χ4n) is 1.44. The third-order valence-electron chi connectivity index (χ3n) is 2.37. The standard InChI is InChI=1S/C12H14ClN3O4/c13-7-2-1-3-8(6-7)15-12(20)16-9(11(18)19)4-5-10(14)17/h1-3,6,9H,4-5H2,(H2,14,17)(H,18,19)(H2,15,16,20)/t9-/m1/s1. The predicted octanol–water partition coefficient (Wildman–Crippen LogP) is 1.18. The number of rotatable bonds is 6. The number of halogens is 1. The zero-order chi connectivity index (χ0) is 15.1. The Labute approximate surface area is 120 Å². The van der Waals surface area contributed by atoms with E-state index in [1.54, 1.807) is 18.2 Å². The van der Waals surface area contributed by atoms with Crippen LogP contribution in [0.25, 0.3) is 0 Å². The highest BCUT2D eigenvalue weighted by molar-refractivity contribution is 6.30. The molecule has 8 heteroatoms. The summed E-state index contributed by atoms with van der Waals surface area (Å²) in [6, 6.07) is 4.49. The summed E-state index contributed by atoms with van der Waals surface area (Å²) in [4.78, 5) is 33.2. The molecule has 0 bridgehead atoms. The summed E-state index contributed by atoms with van der Waals surface area (Å²) in [5.74, 6) is -1.87. The molecule has 0 radical (unpaired) electrons. The first kappa shape index (κ1) is 15.8. The van der Waals surface area contributed by atoms with Crippen molar-refractivity contribution in [3.63, 3.8) is 0 Å². The van der Waals surface area contributed by atoms with Crippen molar-refractivity contribution in [2.24, 2.45) is 5.73 Å². The van der Waals surface area contributed by atoms with Gasteiger partial charge in [-0.2, -0.15) is 0 Å². The lowest BCUT2D eigenvalue weighted by molar-refractivity contribution is -0.139. The van der Waals surface area contributed by atoms with Crippen LogP contribution in [-0.2, 0) is 9.59 Å². The van der Waals surface area contributed by atoms with Crippen molar-refractivity contribution in [3.05, 3.63) is 29.3 Å². The summed E-state index contributed by atoms with van der Waals surface area (Å²) < 4.78 is 0. The van der Waals surface area contributed by atoms with E-state index in [0.29, 0.717) is 10.7 Å². The molecular formula is C12H14ClN3O4. The van der Waals surface area contributed by atoms with Gasteiger partial charge in [-0.05, 0) is 24.6 Å². The van der Waals surface area contributed by atoms with Crippen LogP contribution in [0.3, 0.4) is 0 Å². The van der Waals surface area contributed by atoms with E-state index in [1.165, 1.54) is 6.07 Å². The number of anilines is 1. The van der Waals surface area contributed by atoms with Gasteiger partial charge in [0.25, 0.3) is 0 Å². The van der Waals surface area contributed by atoms with Crippen LogP contribution in [0, 0.1) is 0 Å². The summed E-state index contributed by atoms with van der Waals surface area (Å²) in [6.07, 6.45) is -0.206. The highest BCUT2D eigenvalue weighted by Crippen LogP contribution is 2.14. The highest BCUT2D eigenvalue weighted by Gasteiger charge is 2.20. The summed E-state index contributed by atoms with van der Waals surface area (Å²) >= 11 is 5.75. The molecule has 1 rings (SSSR count). The molecule has 1 atom stereocenters. The van der Waals surface area contributed by atoms with Gasteiger partial charge in [0.15, 0.2) is 0 Å². The van der Waals surface area contributed by atoms with Gasteiger partial charge in [-0.25, -0.2) is 9.59 Å². The van der Waals surface area contributed by atoms with Crippen LogP contribution in [0.4, 0.5) is 10.5 Å². The number of carbonyl (C=O) groups excluding carboxylic acids is 2. The Morgan fingerprint density at radius 1 is 1.35 bits per heavy atom. The minimum absolute atomic E-state index is 0.0758. The van der Waals surface area contributed by atoms with Gasteiger partial charge in [-0.3, -0.25) is 4.79 Å². The molecule has 5 N–H and O–H groups in total. The Balaban J connectivity index is 2.57. The number of primary amides is 1. The maximum Gasteiger partial charge on any atom is 0.326 e. The molecule has 0 aliphatic carbocycles. The Bertz CT molecular complexity index is 521. The van der Waals surface area contributed by atoms with Crippen LogP contribution in [-0.4, -0.2) is 29.1 Å². The molecule has 1 aromatic carbocycles. The second-order valence-corrected chi connectivity index (χ2v) is 4.44. The van der Waals surface area contributed by atoms with Gasteiger partial charge >= 0.3 is 12.0 Å². The Morgan fingerprint density at radius 2 is 2.05 bits per heavy atom. The molecule has 0 aliphatic heterocycles. The number of nitrogens with one attached hydrogen (secondary N) is 2. The lowest BCUT2D eigenvalue weighted by Crippen LogP contribution is -2.43. The van der Waals surface area contributed by atoms with Gasteiger partial charge in [0.2, 0.25) is 5.91 Å². The Morgan fingerprint density at radius 3 is 2.60 bits per heavy atom. The molecule has 0 aliphatic rings. The normalized spacial score (nSPS) is 11.4. The zero-order valence-electron chi connectivity index (χ0n) is 10.4. The SMILES string of the molecule is NC(=O)CC[C@@H](NC(=O)Nc1cccc(Cl)c1)C(=O)O. The average Bonchev–Trinajstić information content (AvgIpc) is 2.33. The molecule has 0 spiro atoms. The maximum absolute atomic E-state index is 11.6. The van der Waals surface area contributed by atoms with E-state index in [-0.39, 0.29) is 12.8 Å². The van der Waals surface area contributed by atoms with Crippen molar-refractivity contribution in [2.45, 2.75) is 18.9 Å². The maximum atomic E-state index is 11.6. The van der Waals surface area contributed by atoms with E-state index in [9.17, 15) is 14.4 Å². The van der Waals surface area contributed by atoms with Gasteiger partial charge in [0, 0.05) is 17.1 Å². The van der Waals surface area contributed by atoms with Crippen molar-refractivity contribution in [3.8, 4) is 0 Å². The van der Waals surface area contributed by atoms with Crippen LogP contribution in [0.5, 0.6) is 0 Å². The largest absolute Gasteiger partial charge is 0.480 e. The van der Waals surface area contributed by atoms with Crippen LogP contribution in [0.1, 0.15) is 12.8 Å². The van der Waals surface area contributed by atoms with Crippen LogP contribution < -0.4 is 16.4 Å². The number of carboxylic acid groups (broad SMARTS) is 1. The summed E-state index contributed by atoms with van der Waals surface area (Å²) in [6.45, 7) is 0. The number of hydrogen-bond donors (Lipinski definition) is 4. The van der Waals surface area contributed by atoms with Gasteiger partial charge in [-0.15, -0.1) is 0 Å². The highest BCUT2D eigenvalue weighted by atomic mass is 35.5. The van der Waals surface area contributed by atoms with Crippen molar-refractivity contribution < 1.29 is 19.5 Å². The Kier molecular flexibility index (Phi) is 5.79. The number of nitrogens with two attached hydrogens (primary N) is 1. The minimum atomic E-state index is -1.24. The number of urea groups is 1. The number of carbonyl (C=O) groups is 3. The van der Waals surface area contributed by atoms with E-state index < -0.39 is 23.9 Å². The number of aliphatic carboxylic acids is 1. The van der Waals surface area contributed by atoms with Crippen molar-refractivity contribution in [1.29, 1.82) is 0 Å². The zero-order valence-corrected chi connectivity index (χ0v) is 11.2. The summed E-state index contributed by atoms with van der Waals surface area (Å²) in [5.41, 5.74) is 5.36. The molecule has 0 saturated heterocycles. The first-order valence-corrected chi connectivity index (χ1v) is 6.10. The fraction of sp³-hybridized carbons (Fsp3) is 0.250. The predicted molar refractivity (Wildman–Crippen MR) is 73.5 cm³/mol. The molecule has 3 amide bonds. The lowest BCUT2D eigenvalue weighted by Gasteiger charge is -2.14. The first-order chi connectivity index (χ1) is 9.38. The van der Waals surface area contributed by atoms with E-state index in [4.69, 9.17) is 22.4 Å². The van der Waals surface area contributed by atoms with Crippen LogP contribution in [0.2, 0.25) is 5.02 Å². The quantitative estimate of drug-likeness (QED) is 0.630. The van der Waals surface area contributed by atoms with E-state index in [1.807, 2.05) is 0 Å². The number of benzene rings is 1. The first-order valence-electron chi connectivity index (χ1n) is 5.72. The minimum Gasteiger partial charge on any atom is -0.480 e. The smallest absolute Gasteiger partial charge is 0.326 e. The molecule has 1 aromatic rings. The second-order valence-electron chi connectivity index (χ2n) is 4.00. The van der Waals surface area contributed by atoms with E-state index >= 15 is 0 Å². The fourth-order valence-corrected chi connectivity index (χ4v) is 1.63. The monoisotopic (exact) mass is 299 g/mol. The lowest BCUT2D eigenvalue weighted by atomic mass is 10.1. The van der Waals surface area contributed by atoms with Gasteiger partial charge in [0.1, 0.15) is 6.04 Å². The van der Waals surface area contributed by atoms with Gasteiger partial charge in [-0.1, -0.05) is 17.7 Å². The second kappa shape index (κ2) is 7.34. The Hall–Kier alpha value is -2.28. The van der Waals surface area contributed by atoms with Gasteiger partial charge in [0.05, 0.1) is 0 Å². The topological polar surface area (TPSA) is 122 Å². The summed E-state index contributed by atoms with van der Waals surface area (Å²) in [7, 11) is 0. The molecular weight excluding hydrogens is 286 g/mol. The molecule has 0 heterocycles. The van der Waals surface area contributed by atoms with Crippen molar-refractivity contribution in [1.82, 2.24) is 5.32 Å².